The molecule has 0 aliphatic heterocycles. The molecule has 0 saturated heterocycles. The van der Waals surface area contributed by atoms with Crippen molar-refractivity contribution in [3.8, 4) is 11.5 Å². The first-order chi connectivity index (χ1) is 10.2. The maximum absolute atomic E-state index is 11.8. The van der Waals surface area contributed by atoms with Gasteiger partial charge in [0.25, 0.3) is 0 Å². The van der Waals surface area contributed by atoms with E-state index in [9.17, 15) is 4.79 Å². The van der Waals surface area contributed by atoms with E-state index in [2.05, 4.69) is 4.98 Å². The second-order valence-electron chi connectivity index (χ2n) is 4.71. The highest BCUT2D eigenvalue weighted by Crippen LogP contribution is 2.17. The average Bonchev–Trinajstić information content (AvgIpc) is 2.89. The number of carbonyl (C=O) groups is 1. The molecule has 1 aromatic heterocycles. The predicted octanol–water partition coefficient (Wildman–Crippen LogP) is 3.43. The summed E-state index contributed by atoms with van der Waals surface area (Å²) in [6.07, 6.45) is 3.48. The molecule has 2 aromatic rings. The minimum Gasteiger partial charge on any atom is -0.497 e. The zero-order chi connectivity index (χ0) is 15.1. The summed E-state index contributed by atoms with van der Waals surface area (Å²) in [7, 11) is 1.63. The molecule has 0 N–H and O–H groups in total. The van der Waals surface area contributed by atoms with Crippen molar-refractivity contribution in [3.63, 3.8) is 0 Å². The van der Waals surface area contributed by atoms with Crippen LogP contribution in [0.1, 0.15) is 22.7 Å². The molecule has 0 saturated carbocycles. The number of rotatable bonds is 8. The van der Waals surface area contributed by atoms with Crippen molar-refractivity contribution >= 4 is 17.1 Å². The lowest BCUT2D eigenvalue weighted by Crippen LogP contribution is -2.05. The third-order valence-corrected chi connectivity index (χ3v) is 3.86. The fraction of sp³-hybridized carbons (Fsp3) is 0.375. The van der Waals surface area contributed by atoms with Crippen molar-refractivity contribution in [1.29, 1.82) is 0 Å². The van der Waals surface area contributed by atoms with E-state index in [0.29, 0.717) is 19.4 Å². The number of hydrogen-bond donors (Lipinski definition) is 0. The molecule has 0 fully saturated rings. The third-order valence-electron chi connectivity index (χ3n) is 2.95. The minimum atomic E-state index is 0.211. The SMILES string of the molecule is COc1ccc(OCCCC(=O)Cc2ncc(C)s2)cc1. The van der Waals surface area contributed by atoms with E-state index in [1.165, 1.54) is 0 Å². The molecule has 4 nitrogen and oxygen atoms in total. The van der Waals surface area contributed by atoms with Gasteiger partial charge in [0.1, 0.15) is 22.3 Å². The molecule has 0 atom stereocenters. The molecule has 0 spiro atoms. The number of nitrogens with zero attached hydrogens (tertiary/aromatic N) is 1. The van der Waals surface area contributed by atoms with Crippen molar-refractivity contribution in [2.45, 2.75) is 26.2 Å². The number of ketones is 1. The van der Waals surface area contributed by atoms with Gasteiger partial charge >= 0.3 is 0 Å². The monoisotopic (exact) mass is 305 g/mol. The van der Waals surface area contributed by atoms with Crippen LogP contribution >= 0.6 is 11.3 Å². The summed E-state index contributed by atoms with van der Waals surface area (Å²) in [6, 6.07) is 7.43. The normalized spacial score (nSPS) is 10.4. The van der Waals surface area contributed by atoms with Gasteiger partial charge in [0.2, 0.25) is 0 Å². The van der Waals surface area contributed by atoms with E-state index in [4.69, 9.17) is 9.47 Å². The molecular formula is C16H19NO3S. The maximum Gasteiger partial charge on any atom is 0.139 e. The Kier molecular flexibility index (Phi) is 5.75. The lowest BCUT2D eigenvalue weighted by atomic mass is 10.2. The van der Waals surface area contributed by atoms with Gasteiger partial charge in [-0.05, 0) is 37.6 Å². The number of ether oxygens (including phenoxy) is 2. The zero-order valence-electron chi connectivity index (χ0n) is 12.3. The molecule has 0 radical (unpaired) electrons. The fourth-order valence-electron chi connectivity index (χ4n) is 1.87. The summed E-state index contributed by atoms with van der Waals surface area (Å²) in [4.78, 5) is 17.2. The molecule has 21 heavy (non-hydrogen) atoms. The van der Waals surface area contributed by atoms with Crippen LogP contribution in [0.3, 0.4) is 0 Å². The summed E-state index contributed by atoms with van der Waals surface area (Å²) in [5.74, 6) is 1.80. The van der Waals surface area contributed by atoms with Gasteiger partial charge in [-0.15, -0.1) is 11.3 Å². The van der Waals surface area contributed by atoms with Crippen molar-refractivity contribution in [2.24, 2.45) is 0 Å². The molecule has 0 bridgehead atoms. The first kappa shape index (κ1) is 15.5. The van der Waals surface area contributed by atoms with Gasteiger partial charge in [-0.25, -0.2) is 4.98 Å². The Bertz CT molecular complexity index is 577. The Labute approximate surface area is 128 Å². The van der Waals surface area contributed by atoms with E-state index in [1.807, 2.05) is 31.2 Å². The van der Waals surface area contributed by atoms with Gasteiger partial charge in [-0.2, -0.15) is 0 Å². The standard InChI is InChI=1S/C16H19NO3S/c1-12-11-17-16(21-12)10-13(18)4-3-9-20-15-7-5-14(19-2)6-8-15/h5-8,11H,3-4,9-10H2,1-2H3. The van der Waals surface area contributed by atoms with Crippen molar-refractivity contribution in [1.82, 2.24) is 4.98 Å². The molecule has 0 aliphatic carbocycles. The quantitative estimate of drug-likeness (QED) is 0.701. The minimum absolute atomic E-state index is 0.211. The number of hydrogen-bond acceptors (Lipinski definition) is 5. The van der Waals surface area contributed by atoms with Gasteiger partial charge < -0.3 is 9.47 Å². The van der Waals surface area contributed by atoms with E-state index < -0.39 is 0 Å². The van der Waals surface area contributed by atoms with Crippen LogP contribution < -0.4 is 9.47 Å². The Morgan fingerprint density at radius 1 is 1.24 bits per heavy atom. The van der Waals surface area contributed by atoms with Crippen molar-refractivity contribution in [2.75, 3.05) is 13.7 Å². The first-order valence-corrected chi connectivity index (χ1v) is 7.69. The van der Waals surface area contributed by atoms with E-state index in [1.54, 1.807) is 24.6 Å². The topological polar surface area (TPSA) is 48.4 Å². The highest BCUT2D eigenvalue weighted by atomic mass is 32.1. The fourth-order valence-corrected chi connectivity index (χ4v) is 2.69. The third kappa shape index (κ3) is 5.19. The smallest absolute Gasteiger partial charge is 0.139 e. The van der Waals surface area contributed by atoms with Crippen molar-refractivity contribution < 1.29 is 14.3 Å². The van der Waals surface area contributed by atoms with Gasteiger partial charge in [0.15, 0.2) is 0 Å². The van der Waals surface area contributed by atoms with Gasteiger partial charge in [0.05, 0.1) is 20.1 Å². The maximum atomic E-state index is 11.8. The Hall–Kier alpha value is -1.88. The Balaban J connectivity index is 1.65. The molecule has 1 aromatic carbocycles. The van der Waals surface area contributed by atoms with Crippen LogP contribution in [0.25, 0.3) is 0 Å². The van der Waals surface area contributed by atoms with E-state index in [-0.39, 0.29) is 5.78 Å². The Morgan fingerprint density at radius 3 is 2.57 bits per heavy atom. The lowest BCUT2D eigenvalue weighted by molar-refractivity contribution is -0.118. The number of methoxy groups -OCH3 is 1. The molecule has 0 aliphatic rings. The summed E-state index contributed by atoms with van der Waals surface area (Å²) >= 11 is 1.58. The van der Waals surface area contributed by atoms with E-state index in [0.717, 1.165) is 27.8 Å². The first-order valence-electron chi connectivity index (χ1n) is 6.87. The van der Waals surface area contributed by atoms with Crippen molar-refractivity contribution in [3.05, 3.63) is 40.3 Å². The predicted molar refractivity (Wildman–Crippen MR) is 83.3 cm³/mol. The highest BCUT2D eigenvalue weighted by molar-refractivity contribution is 7.11. The molecular weight excluding hydrogens is 286 g/mol. The van der Waals surface area contributed by atoms with Gasteiger partial charge in [0, 0.05) is 17.5 Å². The highest BCUT2D eigenvalue weighted by Gasteiger charge is 2.07. The van der Waals surface area contributed by atoms with Crippen LogP contribution in [0.15, 0.2) is 30.5 Å². The Morgan fingerprint density at radius 2 is 1.95 bits per heavy atom. The lowest BCUT2D eigenvalue weighted by Gasteiger charge is -2.06. The summed E-state index contributed by atoms with van der Waals surface area (Å²) in [5.41, 5.74) is 0. The van der Waals surface area contributed by atoms with Gasteiger partial charge in [-0.1, -0.05) is 0 Å². The largest absolute Gasteiger partial charge is 0.497 e. The summed E-state index contributed by atoms with van der Waals surface area (Å²) in [6.45, 7) is 2.53. The molecule has 2 rings (SSSR count). The second kappa shape index (κ2) is 7.78. The number of aryl methyl sites for hydroxylation is 1. The van der Waals surface area contributed by atoms with Crippen LogP contribution in [0, 0.1) is 6.92 Å². The molecule has 1 heterocycles. The number of thiazole rings is 1. The van der Waals surface area contributed by atoms with Gasteiger partial charge in [-0.3, -0.25) is 4.79 Å². The van der Waals surface area contributed by atoms with Crippen LogP contribution in [0.5, 0.6) is 11.5 Å². The second-order valence-corrected chi connectivity index (χ2v) is 6.03. The molecule has 0 unspecified atom stereocenters. The van der Waals surface area contributed by atoms with Crippen LogP contribution in [-0.2, 0) is 11.2 Å². The molecule has 5 heteroatoms. The van der Waals surface area contributed by atoms with E-state index >= 15 is 0 Å². The molecule has 0 amide bonds. The number of Topliss-reactive ketones (excluding diaryl/α,β-unsaturated/α-hetero) is 1. The molecule has 112 valence electrons. The average molecular weight is 305 g/mol. The van der Waals surface area contributed by atoms with Crippen LogP contribution in [-0.4, -0.2) is 24.5 Å². The summed E-state index contributed by atoms with van der Waals surface area (Å²) < 4.78 is 10.7. The summed E-state index contributed by atoms with van der Waals surface area (Å²) in [5, 5.41) is 0.897. The van der Waals surface area contributed by atoms with Crippen LogP contribution in [0.4, 0.5) is 0 Å². The number of aromatic nitrogens is 1. The zero-order valence-corrected chi connectivity index (χ0v) is 13.1. The number of benzene rings is 1. The van der Waals surface area contributed by atoms with Crippen LogP contribution in [0.2, 0.25) is 0 Å². The number of carbonyl (C=O) groups excluding carboxylic acids is 1.